The predicted molar refractivity (Wildman–Crippen MR) is 117 cm³/mol. The lowest BCUT2D eigenvalue weighted by atomic mass is 10.1. The SMILES string of the molecule is N#Cc1ccc2oc3ccc(-n4c5ccccc5c5ccc(C#N)cc54)cc3c2c1. The first kappa shape index (κ1) is 16.4. The first-order valence-electron chi connectivity index (χ1n) is 9.57. The van der Waals surface area contributed by atoms with E-state index >= 15 is 0 Å². The lowest BCUT2D eigenvalue weighted by Gasteiger charge is -2.08. The zero-order valence-electron chi connectivity index (χ0n) is 15.8. The third-order valence-electron chi connectivity index (χ3n) is 5.64. The fourth-order valence-electron chi connectivity index (χ4n) is 4.29. The highest BCUT2D eigenvalue weighted by Gasteiger charge is 2.15. The van der Waals surface area contributed by atoms with Crippen LogP contribution in [0.25, 0.3) is 49.4 Å². The van der Waals surface area contributed by atoms with E-state index in [1.807, 2.05) is 54.6 Å². The van der Waals surface area contributed by atoms with Gasteiger partial charge < -0.3 is 8.98 Å². The van der Waals surface area contributed by atoms with E-state index in [4.69, 9.17) is 4.42 Å². The predicted octanol–water partition coefficient (Wildman–Crippen LogP) is 6.43. The number of hydrogen-bond acceptors (Lipinski definition) is 3. The van der Waals surface area contributed by atoms with Crippen molar-refractivity contribution in [3.63, 3.8) is 0 Å². The molecule has 6 aromatic rings. The Kier molecular flexibility index (Phi) is 3.27. The molecule has 2 aromatic heterocycles. The van der Waals surface area contributed by atoms with E-state index in [-0.39, 0.29) is 0 Å². The number of para-hydroxylation sites is 1. The van der Waals surface area contributed by atoms with Gasteiger partial charge in [0, 0.05) is 27.2 Å². The Hall–Kier alpha value is -4.54. The number of rotatable bonds is 1. The first-order chi connectivity index (χ1) is 14.8. The second kappa shape index (κ2) is 5.98. The molecule has 4 aromatic carbocycles. The van der Waals surface area contributed by atoms with E-state index in [1.165, 1.54) is 0 Å². The molecule has 0 amide bonds. The lowest BCUT2D eigenvalue weighted by molar-refractivity contribution is 0.669. The number of aromatic nitrogens is 1. The normalized spacial score (nSPS) is 11.3. The van der Waals surface area contributed by atoms with Crippen molar-refractivity contribution in [1.29, 1.82) is 10.5 Å². The van der Waals surface area contributed by atoms with E-state index in [1.54, 1.807) is 6.07 Å². The van der Waals surface area contributed by atoms with Gasteiger partial charge in [0.2, 0.25) is 0 Å². The summed E-state index contributed by atoms with van der Waals surface area (Å²) in [5.41, 5.74) is 5.81. The number of nitrogens with zero attached hydrogens (tertiary/aromatic N) is 3. The molecule has 138 valence electrons. The third kappa shape index (κ3) is 2.19. The van der Waals surface area contributed by atoms with E-state index < -0.39 is 0 Å². The van der Waals surface area contributed by atoms with Crippen molar-refractivity contribution in [2.45, 2.75) is 0 Å². The van der Waals surface area contributed by atoms with E-state index in [0.717, 1.165) is 49.4 Å². The maximum Gasteiger partial charge on any atom is 0.135 e. The molecule has 0 aliphatic heterocycles. The molecule has 0 fully saturated rings. The molecule has 0 unspecified atom stereocenters. The summed E-state index contributed by atoms with van der Waals surface area (Å²) in [6.07, 6.45) is 0. The van der Waals surface area contributed by atoms with Crippen LogP contribution in [0.15, 0.2) is 83.3 Å². The average molecular weight is 383 g/mol. The highest BCUT2D eigenvalue weighted by molar-refractivity contribution is 6.10. The summed E-state index contributed by atoms with van der Waals surface area (Å²) in [6.45, 7) is 0. The summed E-state index contributed by atoms with van der Waals surface area (Å²) in [5.74, 6) is 0. The minimum Gasteiger partial charge on any atom is -0.456 e. The largest absolute Gasteiger partial charge is 0.456 e. The molecule has 0 radical (unpaired) electrons. The zero-order chi connectivity index (χ0) is 20.2. The molecule has 0 aliphatic carbocycles. The van der Waals surface area contributed by atoms with Crippen molar-refractivity contribution in [1.82, 2.24) is 4.57 Å². The molecule has 2 heterocycles. The smallest absolute Gasteiger partial charge is 0.135 e. The van der Waals surface area contributed by atoms with Crippen LogP contribution in [0.5, 0.6) is 0 Å². The van der Waals surface area contributed by atoms with Gasteiger partial charge in [-0.15, -0.1) is 0 Å². The Balaban J connectivity index is 1.73. The minimum atomic E-state index is 0.603. The Morgan fingerprint density at radius 2 is 1.27 bits per heavy atom. The minimum absolute atomic E-state index is 0.603. The van der Waals surface area contributed by atoms with Crippen LogP contribution in [-0.4, -0.2) is 4.57 Å². The molecular weight excluding hydrogens is 370 g/mol. The Morgan fingerprint density at radius 3 is 2.10 bits per heavy atom. The molecule has 0 bridgehead atoms. The average Bonchev–Trinajstić information content (AvgIpc) is 3.33. The summed E-state index contributed by atoms with van der Waals surface area (Å²) >= 11 is 0. The fourth-order valence-corrected chi connectivity index (χ4v) is 4.29. The Bertz CT molecular complexity index is 1720. The Labute approximate surface area is 171 Å². The van der Waals surface area contributed by atoms with Crippen LogP contribution >= 0.6 is 0 Å². The van der Waals surface area contributed by atoms with Crippen molar-refractivity contribution in [3.05, 3.63) is 90.0 Å². The summed E-state index contributed by atoms with van der Waals surface area (Å²) in [5, 5.41) is 22.8. The molecule has 0 saturated carbocycles. The molecule has 0 saturated heterocycles. The Morgan fingerprint density at radius 1 is 0.600 bits per heavy atom. The van der Waals surface area contributed by atoms with Crippen molar-refractivity contribution >= 4 is 43.7 Å². The molecule has 0 aliphatic rings. The monoisotopic (exact) mass is 383 g/mol. The van der Waals surface area contributed by atoms with Crippen LogP contribution in [-0.2, 0) is 0 Å². The van der Waals surface area contributed by atoms with Gasteiger partial charge in [-0.25, -0.2) is 0 Å². The molecule has 0 spiro atoms. The summed E-state index contributed by atoms with van der Waals surface area (Å²) in [6, 6.07) is 30.0. The molecular formula is C26H13N3O. The first-order valence-corrected chi connectivity index (χ1v) is 9.57. The standard InChI is InChI=1S/C26H13N3O/c27-14-16-6-9-25-21(11-16)22-13-18(7-10-26(22)30-25)29-23-4-2-1-3-19(23)20-8-5-17(15-28)12-24(20)29/h1-13H. The second-order valence-electron chi connectivity index (χ2n) is 7.30. The summed E-state index contributed by atoms with van der Waals surface area (Å²) in [7, 11) is 0. The van der Waals surface area contributed by atoms with Crippen LogP contribution < -0.4 is 0 Å². The van der Waals surface area contributed by atoms with Gasteiger partial charge in [-0.2, -0.15) is 10.5 Å². The maximum absolute atomic E-state index is 9.42. The van der Waals surface area contributed by atoms with E-state index in [9.17, 15) is 10.5 Å². The second-order valence-corrected chi connectivity index (χ2v) is 7.30. The molecule has 6 rings (SSSR count). The van der Waals surface area contributed by atoms with Crippen molar-refractivity contribution < 1.29 is 4.42 Å². The van der Waals surface area contributed by atoms with Crippen LogP contribution in [0.4, 0.5) is 0 Å². The highest BCUT2D eigenvalue weighted by Crippen LogP contribution is 2.35. The summed E-state index contributed by atoms with van der Waals surface area (Å²) < 4.78 is 8.15. The van der Waals surface area contributed by atoms with Crippen LogP contribution in [0, 0.1) is 22.7 Å². The lowest BCUT2D eigenvalue weighted by Crippen LogP contribution is -1.93. The number of furan rings is 1. The van der Waals surface area contributed by atoms with Crippen molar-refractivity contribution in [2.75, 3.05) is 0 Å². The van der Waals surface area contributed by atoms with Gasteiger partial charge in [-0.05, 0) is 54.6 Å². The topological polar surface area (TPSA) is 65.7 Å². The van der Waals surface area contributed by atoms with Crippen molar-refractivity contribution in [3.8, 4) is 17.8 Å². The van der Waals surface area contributed by atoms with Crippen LogP contribution in [0.3, 0.4) is 0 Å². The van der Waals surface area contributed by atoms with Gasteiger partial charge in [0.15, 0.2) is 0 Å². The zero-order valence-corrected chi connectivity index (χ0v) is 15.8. The van der Waals surface area contributed by atoms with E-state index in [0.29, 0.717) is 11.1 Å². The van der Waals surface area contributed by atoms with E-state index in [2.05, 4.69) is 34.9 Å². The van der Waals surface area contributed by atoms with Crippen LogP contribution in [0.1, 0.15) is 11.1 Å². The van der Waals surface area contributed by atoms with Crippen molar-refractivity contribution in [2.24, 2.45) is 0 Å². The van der Waals surface area contributed by atoms with Gasteiger partial charge in [-0.3, -0.25) is 0 Å². The molecule has 30 heavy (non-hydrogen) atoms. The third-order valence-corrected chi connectivity index (χ3v) is 5.64. The molecule has 4 heteroatoms. The number of nitriles is 2. The quantitative estimate of drug-likeness (QED) is 0.329. The maximum atomic E-state index is 9.42. The molecule has 0 atom stereocenters. The van der Waals surface area contributed by atoms with Gasteiger partial charge in [0.25, 0.3) is 0 Å². The number of hydrogen-bond donors (Lipinski definition) is 0. The molecule has 4 nitrogen and oxygen atoms in total. The van der Waals surface area contributed by atoms with Gasteiger partial charge in [-0.1, -0.05) is 24.3 Å². The van der Waals surface area contributed by atoms with Gasteiger partial charge >= 0.3 is 0 Å². The summed E-state index contributed by atoms with van der Waals surface area (Å²) in [4.78, 5) is 0. The highest BCUT2D eigenvalue weighted by atomic mass is 16.3. The number of fused-ring (bicyclic) bond motifs is 6. The van der Waals surface area contributed by atoms with Gasteiger partial charge in [0.1, 0.15) is 11.2 Å². The van der Waals surface area contributed by atoms with Crippen LogP contribution in [0.2, 0.25) is 0 Å². The fraction of sp³-hybridized carbons (Fsp3) is 0. The number of benzene rings is 4. The molecule has 0 N–H and O–H groups in total. The van der Waals surface area contributed by atoms with Gasteiger partial charge in [0.05, 0.1) is 34.3 Å².